The molecule has 3 heteroatoms. The van der Waals surface area contributed by atoms with Crippen molar-refractivity contribution in [3.8, 4) is 0 Å². The van der Waals surface area contributed by atoms with Gasteiger partial charge in [0.15, 0.2) is 0 Å². The minimum atomic E-state index is -0.152. The van der Waals surface area contributed by atoms with Gasteiger partial charge in [-0.15, -0.1) is 0 Å². The Labute approximate surface area is 177 Å². The summed E-state index contributed by atoms with van der Waals surface area (Å²) in [5.41, 5.74) is 1.96. The summed E-state index contributed by atoms with van der Waals surface area (Å²) in [6.45, 7) is 5.68. The molecule has 3 nitrogen and oxygen atoms in total. The number of piperidine rings is 2. The molecule has 7 atom stereocenters. The molecule has 0 aromatic carbocycles. The minimum absolute atomic E-state index is 0.152. The van der Waals surface area contributed by atoms with Crippen LogP contribution in [0.25, 0.3) is 0 Å². The third-order valence-electron chi connectivity index (χ3n) is 8.49. The van der Waals surface area contributed by atoms with Gasteiger partial charge in [-0.1, -0.05) is 36.0 Å². The summed E-state index contributed by atoms with van der Waals surface area (Å²) in [6, 6.07) is 0.561. The van der Waals surface area contributed by atoms with Gasteiger partial charge in [-0.2, -0.15) is 0 Å². The number of rotatable bonds is 0. The summed E-state index contributed by atoms with van der Waals surface area (Å²) < 4.78 is 0. The van der Waals surface area contributed by atoms with Crippen molar-refractivity contribution in [3.05, 3.63) is 36.0 Å². The fourth-order valence-corrected chi connectivity index (χ4v) is 7.58. The molecule has 0 radical (unpaired) electrons. The molecule has 0 aromatic rings. The maximum atomic E-state index is 11.4. The molecule has 6 aliphatic rings. The first-order valence-electron chi connectivity index (χ1n) is 12.4. The number of hydrogen-bond donors (Lipinski definition) is 1. The number of fused-ring (bicyclic) bond motifs is 1. The minimum Gasteiger partial charge on any atom is -0.391 e. The molecule has 5 heterocycles. The van der Waals surface area contributed by atoms with Crippen molar-refractivity contribution in [1.82, 2.24) is 9.80 Å². The van der Waals surface area contributed by atoms with Crippen molar-refractivity contribution < 1.29 is 5.11 Å². The van der Waals surface area contributed by atoms with E-state index in [0.717, 1.165) is 13.1 Å². The van der Waals surface area contributed by atoms with E-state index < -0.39 is 0 Å². The number of nitrogens with zero attached hydrogens (tertiary/aromatic N) is 2. The quantitative estimate of drug-likeness (QED) is 0.609. The molecule has 6 rings (SSSR count). The first-order valence-corrected chi connectivity index (χ1v) is 12.4. The van der Waals surface area contributed by atoms with Gasteiger partial charge in [0.05, 0.1) is 6.10 Å². The molecule has 1 spiro atoms. The first-order chi connectivity index (χ1) is 14.3. The van der Waals surface area contributed by atoms with Crippen molar-refractivity contribution in [2.24, 2.45) is 17.3 Å². The van der Waals surface area contributed by atoms with E-state index in [-0.39, 0.29) is 11.5 Å². The number of aliphatic hydroxyl groups is 1. The van der Waals surface area contributed by atoms with Gasteiger partial charge in [-0.05, 0) is 83.2 Å². The Morgan fingerprint density at radius 3 is 2.55 bits per heavy atom. The average Bonchev–Trinajstić information content (AvgIpc) is 2.76. The number of hydrogen-bond acceptors (Lipinski definition) is 3. The lowest BCUT2D eigenvalue weighted by atomic mass is 9.51. The molecule has 29 heavy (non-hydrogen) atoms. The van der Waals surface area contributed by atoms with Crippen molar-refractivity contribution in [1.29, 1.82) is 0 Å². The standard InChI is InChI=1S/C26H40N2O/c29-23-19-27-15-11-7-4-2-6-10-14-26(20-27)24(23)22-17-21-13-9-5-1-3-8-12-16-28(18-22)25(21)26/h1-2,4-5,17,22-25,29H,3,6-16,18-20H2/b4-2-,5-1-/t22-,23+,24-,25?,26+/m1/s1. The van der Waals surface area contributed by atoms with Crippen LogP contribution in [0.5, 0.6) is 0 Å². The van der Waals surface area contributed by atoms with Crippen LogP contribution in [0.1, 0.15) is 64.2 Å². The monoisotopic (exact) mass is 396 g/mol. The fraction of sp³-hybridized carbons (Fsp3) is 0.769. The Morgan fingerprint density at radius 2 is 1.66 bits per heavy atom. The van der Waals surface area contributed by atoms with Crippen molar-refractivity contribution in [2.45, 2.75) is 76.4 Å². The van der Waals surface area contributed by atoms with Gasteiger partial charge in [0.25, 0.3) is 0 Å². The zero-order chi connectivity index (χ0) is 19.7. The molecule has 0 aromatic heterocycles. The lowest BCUT2D eigenvalue weighted by molar-refractivity contribution is -0.160. The van der Waals surface area contributed by atoms with Gasteiger partial charge in [0.1, 0.15) is 0 Å². The zero-order valence-corrected chi connectivity index (χ0v) is 18.1. The Kier molecular flexibility index (Phi) is 6.00. The smallest absolute Gasteiger partial charge is 0.0707 e. The molecular formula is C26H40N2O. The average molecular weight is 397 g/mol. The SMILES string of the molecule is O[C@H]1CN2CCC/C=C\CCC[C@@]3(C2)C2C4=C[C@H](CN2CCCC/C=C\CC4)[C@H]13. The fourth-order valence-electron chi connectivity index (χ4n) is 7.58. The highest BCUT2D eigenvalue weighted by atomic mass is 16.3. The highest BCUT2D eigenvalue weighted by molar-refractivity contribution is 5.31. The molecule has 160 valence electrons. The first kappa shape index (κ1) is 20.0. The van der Waals surface area contributed by atoms with Crippen LogP contribution in [0.2, 0.25) is 0 Å². The molecule has 2 saturated heterocycles. The predicted octanol–water partition coefficient (Wildman–Crippen LogP) is 4.55. The Morgan fingerprint density at radius 1 is 0.862 bits per heavy atom. The number of aliphatic hydroxyl groups excluding tert-OH is 1. The molecule has 2 fully saturated rings. The zero-order valence-electron chi connectivity index (χ0n) is 18.1. The molecule has 1 N–H and O–H groups in total. The lowest BCUT2D eigenvalue weighted by Gasteiger charge is -2.65. The number of allylic oxidation sites excluding steroid dienone is 4. The van der Waals surface area contributed by atoms with E-state index in [4.69, 9.17) is 0 Å². The van der Waals surface area contributed by atoms with Crippen LogP contribution in [0, 0.1) is 17.3 Å². The van der Waals surface area contributed by atoms with Gasteiger partial charge in [-0.25, -0.2) is 0 Å². The second-order valence-electron chi connectivity index (χ2n) is 10.4. The van der Waals surface area contributed by atoms with E-state index in [2.05, 4.69) is 40.2 Å². The van der Waals surface area contributed by atoms with E-state index in [1.54, 1.807) is 5.57 Å². The van der Waals surface area contributed by atoms with Gasteiger partial charge in [0.2, 0.25) is 0 Å². The van der Waals surface area contributed by atoms with E-state index >= 15 is 0 Å². The largest absolute Gasteiger partial charge is 0.391 e. The summed E-state index contributed by atoms with van der Waals surface area (Å²) in [5, 5.41) is 11.4. The van der Waals surface area contributed by atoms with Crippen molar-refractivity contribution in [3.63, 3.8) is 0 Å². The molecule has 1 aliphatic carbocycles. The van der Waals surface area contributed by atoms with E-state index in [1.807, 2.05) is 0 Å². The van der Waals surface area contributed by atoms with E-state index in [1.165, 1.54) is 83.8 Å². The Hall–Kier alpha value is -0.900. The molecule has 6 bridgehead atoms. The summed E-state index contributed by atoms with van der Waals surface area (Å²) in [6.07, 6.45) is 24.6. The Balaban J connectivity index is 1.53. The van der Waals surface area contributed by atoms with Crippen LogP contribution >= 0.6 is 0 Å². The van der Waals surface area contributed by atoms with Crippen LogP contribution in [0.4, 0.5) is 0 Å². The second kappa shape index (κ2) is 8.69. The maximum absolute atomic E-state index is 11.4. The third kappa shape index (κ3) is 3.79. The second-order valence-corrected chi connectivity index (χ2v) is 10.4. The van der Waals surface area contributed by atoms with Gasteiger partial charge >= 0.3 is 0 Å². The van der Waals surface area contributed by atoms with Crippen molar-refractivity contribution in [2.75, 3.05) is 32.7 Å². The highest BCUT2D eigenvalue weighted by Gasteiger charge is 2.61. The van der Waals surface area contributed by atoms with Crippen LogP contribution in [0.3, 0.4) is 0 Å². The van der Waals surface area contributed by atoms with Crippen LogP contribution in [-0.4, -0.2) is 59.8 Å². The summed E-state index contributed by atoms with van der Waals surface area (Å²) in [7, 11) is 0. The predicted molar refractivity (Wildman–Crippen MR) is 120 cm³/mol. The van der Waals surface area contributed by atoms with Crippen LogP contribution in [-0.2, 0) is 0 Å². The van der Waals surface area contributed by atoms with Gasteiger partial charge in [-0.3, -0.25) is 4.90 Å². The molecule has 0 amide bonds. The Bertz CT molecular complexity index is 668. The van der Waals surface area contributed by atoms with Gasteiger partial charge < -0.3 is 10.0 Å². The molecule has 0 saturated carbocycles. The molecule has 3 unspecified atom stereocenters. The maximum Gasteiger partial charge on any atom is 0.0707 e. The van der Waals surface area contributed by atoms with Crippen LogP contribution < -0.4 is 0 Å². The molecule has 5 aliphatic heterocycles. The normalized spacial score (nSPS) is 47.7. The van der Waals surface area contributed by atoms with E-state index in [9.17, 15) is 5.11 Å². The summed E-state index contributed by atoms with van der Waals surface area (Å²) in [4.78, 5) is 5.50. The summed E-state index contributed by atoms with van der Waals surface area (Å²) in [5.74, 6) is 1.02. The van der Waals surface area contributed by atoms with E-state index in [0.29, 0.717) is 17.9 Å². The summed E-state index contributed by atoms with van der Waals surface area (Å²) >= 11 is 0. The third-order valence-corrected chi connectivity index (χ3v) is 8.49. The van der Waals surface area contributed by atoms with Crippen LogP contribution in [0.15, 0.2) is 36.0 Å². The molecular weight excluding hydrogens is 356 g/mol. The van der Waals surface area contributed by atoms with Crippen molar-refractivity contribution >= 4 is 0 Å². The van der Waals surface area contributed by atoms with Gasteiger partial charge in [0, 0.05) is 37.0 Å². The lowest BCUT2D eigenvalue weighted by Crippen LogP contribution is -2.72. The highest BCUT2D eigenvalue weighted by Crippen LogP contribution is 2.57. The topological polar surface area (TPSA) is 26.7 Å².